The van der Waals surface area contributed by atoms with Crippen molar-refractivity contribution in [2.75, 3.05) is 32.7 Å². The predicted octanol–water partition coefficient (Wildman–Crippen LogP) is 1.14. The minimum absolute atomic E-state index is 0.475. The molecule has 0 aromatic heterocycles. The molecule has 3 heteroatoms. The van der Waals surface area contributed by atoms with E-state index in [9.17, 15) is 0 Å². The molecule has 2 aliphatic rings. The molecule has 16 heavy (non-hydrogen) atoms. The second-order valence-corrected chi connectivity index (χ2v) is 5.79. The topological polar surface area (TPSA) is 32.5 Å². The smallest absolute Gasteiger partial charge is 0.0113 e. The van der Waals surface area contributed by atoms with Crippen molar-refractivity contribution in [3.8, 4) is 0 Å². The lowest BCUT2D eigenvalue weighted by Gasteiger charge is -2.38. The molecule has 0 radical (unpaired) electrons. The SMILES string of the molecule is CC(C)N1CCN(CC2CCCC2N)CC1. The maximum Gasteiger partial charge on any atom is 0.0113 e. The molecule has 0 aromatic rings. The zero-order chi connectivity index (χ0) is 11.5. The van der Waals surface area contributed by atoms with E-state index >= 15 is 0 Å². The van der Waals surface area contributed by atoms with Gasteiger partial charge in [-0.2, -0.15) is 0 Å². The minimum atomic E-state index is 0.475. The third kappa shape index (κ3) is 2.96. The van der Waals surface area contributed by atoms with Crippen molar-refractivity contribution < 1.29 is 0 Å². The van der Waals surface area contributed by atoms with Crippen LogP contribution in [0.5, 0.6) is 0 Å². The Kier molecular flexibility index (Phi) is 4.22. The van der Waals surface area contributed by atoms with E-state index in [4.69, 9.17) is 5.73 Å². The van der Waals surface area contributed by atoms with Gasteiger partial charge in [0.15, 0.2) is 0 Å². The Balaban J connectivity index is 1.72. The van der Waals surface area contributed by atoms with Crippen molar-refractivity contribution in [1.82, 2.24) is 9.80 Å². The van der Waals surface area contributed by atoms with E-state index in [1.807, 2.05) is 0 Å². The molecular formula is C13H27N3. The number of rotatable bonds is 3. The van der Waals surface area contributed by atoms with Crippen LogP contribution >= 0.6 is 0 Å². The van der Waals surface area contributed by atoms with Crippen molar-refractivity contribution in [3.05, 3.63) is 0 Å². The first-order valence-electron chi connectivity index (χ1n) is 6.89. The number of hydrogen-bond acceptors (Lipinski definition) is 3. The van der Waals surface area contributed by atoms with Crippen LogP contribution in [-0.2, 0) is 0 Å². The summed E-state index contributed by atoms with van der Waals surface area (Å²) in [5.74, 6) is 0.769. The predicted molar refractivity (Wildman–Crippen MR) is 68.5 cm³/mol. The zero-order valence-electron chi connectivity index (χ0n) is 10.9. The molecule has 1 saturated carbocycles. The summed E-state index contributed by atoms with van der Waals surface area (Å²) in [6.45, 7) is 10.8. The first-order valence-corrected chi connectivity index (χ1v) is 6.89. The van der Waals surface area contributed by atoms with Crippen molar-refractivity contribution in [2.45, 2.75) is 45.2 Å². The van der Waals surface area contributed by atoms with Crippen LogP contribution in [-0.4, -0.2) is 54.6 Å². The summed E-state index contributed by atoms with van der Waals surface area (Å²) in [7, 11) is 0. The molecule has 2 fully saturated rings. The van der Waals surface area contributed by atoms with Crippen LogP contribution in [0.25, 0.3) is 0 Å². The molecular weight excluding hydrogens is 198 g/mol. The maximum absolute atomic E-state index is 6.13. The van der Waals surface area contributed by atoms with E-state index in [0.29, 0.717) is 12.1 Å². The summed E-state index contributed by atoms with van der Waals surface area (Å²) in [6, 6.07) is 1.18. The highest BCUT2D eigenvalue weighted by Gasteiger charge is 2.27. The molecule has 2 unspecified atom stereocenters. The van der Waals surface area contributed by atoms with Crippen molar-refractivity contribution in [3.63, 3.8) is 0 Å². The number of hydrogen-bond donors (Lipinski definition) is 1. The highest BCUT2D eigenvalue weighted by molar-refractivity contribution is 4.84. The minimum Gasteiger partial charge on any atom is -0.327 e. The Bertz CT molecular complexity index is 209. The lowest BCUT2D eigenvalue weighted by Crippen LogP contribution is -2.50. The average Bonchev–Trinajstić information content (AvgIpc) is 2.65. The van der Waals surface area contributed by atoms with Crippen molar-refractivity contribution in [1.29, 1.82) is 0 Å². The lowest BCUT2D eigenvalue weighted by atomic mass is 10.0. The zero-order valence-corrected chi connectivity index (χ0v) is 10.9. The second kappa shape index (κ2) is 5.48. The van der Waals surface area contributed by atoms with E-state index in [1.165, 1.54) is 52.0 Å². The van der Waals surface area contributed by atoms with Gasteiger partial charge in [-0.15, -0.1) is 0 Å². The van der Waals surface area contributed by atoms with E-state index < -0.39 is 0 Å². The third-order valence-electron chi connectivity index (χ3n) is 4.35. The van der Waals surface area contributed by atoms with Crippen LogP contribution in [0, 0.1) is 5.92 Å². The summed E-state index contributed by atoms with van der Waals surface area (Å²) < 4.78 is 0. The molecule has 2 atom stereocenters. The fraction of sp³-hybridized carbons (Fsp3) is 1.00. The quantitative estimate of drug-likeness (QED) is 0.782. The van der Waals surface area contributed by atoms with E-state index in [-0.39, 0.29) is 0 Å². The van der Waals surface area contributed by atoms with Gasteiger partial charge >= 0.3 is 0 Å². The molecule has 0 bridgehead atoms. The maximum atomic E-state index is 6.13. The fourth-order valence-corrected chi connectivity index (χ4v) is 3.09. The monoisotopic (exact) mass is 225 g/mol. The molecule has 1 aliphatic heterocycles. The van der Waals surface area contributed by atoms with Gasteiger partial charge in [0.25, 0.3) is 0 Å². The second-order valence-electron chi connectivity index (χ2n) is 5.79. The molecule has 0 spiro atoms. The van der Waals surface area contributed by atoms with Crippen LogP contribution in [0.15, 0.2) is 0 Å². The van der Waals surface area contributed by atoms with Crippen LogP contribution in [0.3, 0.4) is 0 Å². The van der Waals surface area contributed by atoms with Crippen molar-refractivity contribution in [2.24, 2.45) is 11.7 Å². The standard InChI is InChI=1S/C13H27N3/c1-11(2)16-8-6-15(7-9-16)10-12-4-3-5-13(12)14/h11-13H,3-10,14H2,1-2H3. The first-order chi connectivity index (χ1) is 7.66. The van der Waals surface area contributed by atoms with E-state index in [2.05, 4.69) is 23.6 Å². The van der Waals surface area contributed by atoms with Gasteiger partial charge in [0.05, 0.1) is 0 Å². The van der Waals surface area contributed by atoms with E-state index in [0.717, 1.165) is 5.92 Å². The molecule has 2 rings (SSSR count). The molecule has 0 aromatic carbocycles. The molecule has 94 valence electrons. The Morgan fingerprint density at radius 3 is 2.31 bits per heavy atom. The molecule has 3 nitrogen and oxygen atoms in total. The number of nitrogens with two attached hydrogens (primary N) is 1. The summed E-state index contributed by atoms with van der Waals surface area (Å²) in [5, 5.41) is 0. The van der Waals surface area contributed by atoms with Gasteiger partial charge < -0.3 is 10.6 Å². The summed E-state index contributed by atoms with van der Waals surface area (Å²) >= 11 is 0. The van der Waals surface area contributed by atoms with Gasteiger partial charge in [-0.25, -0.2) is 0 Å². The molecule has 2 N–H and O–H groups in total. The Morgan fingerprint density at radius 2 is 1.81 bits per heavy atom. The summed E-state index contributed by atoms with van der Waals surface area (Å²) in [4.78, 5) is 5.19. The molecule has 1 heterocycles. The molecule has 1 aliphatic carbocycles. The summed E-state index contributed by atoms with van der Waals surface area (Å²) in [6.07, 6.45) is 3.94. The number of nitrogens with zero attached hydrogens (tertiary/aromatic N) is 2. The van der Waals surface area contributed by atoms with Gasteiger partial charge in [0.1, 0.15) is 0 Å². The lowest BCUT2D eigenvalue weighted by molar-refractivity contribution is 0.0955. The van der Waals surface area contributed by atoms with Gasteiger partial charge in [0.2, 0.25) is 0 Å². The van der Waals surface area contributed by atoms with E-state index in [1.54, 1.807) is 0 Å². The van der Waals surface area contributed by atoms with Crippen LogP contribution in [0.1, 0.15) is 33.1 Å². The molecule has 0 amide bonds. The Hall–Kier alpha value is -0.120. The third-order valence-corrected chi connectivity index (χ3v) is 4.35. The number of piperazine rings is 1. The molecule has 1 saturated heterocycles. The Labute approximate surface area is 100.0 Å². The van der Waals surface area contributed by atoms with Gasteiger partial charge in [-0.1, -0.05) is 6.42 Å². The van der Waals surface area contributed by atoms with Gasteiger partial charge in [-0.3, -0.25) is 4.90 Å². The van der Waals surface area contributed by atoms with Crippen LogP contribution in [0.4, 0.5) is 0 Å². The van der Waals surface area contributed by atoms with Crippen LogP contribution < -0.4 is 5.73 Å². The fourth-order valence-electron chi connectivity index (χ4n) is 3.09. The average molecular weight is 225 g/mol. The highest BCUT2D eigenvalue weighted by atomic mass is 15.3. The highest BCUT2D eigenvalue weighted by Crippen LogP contribution is 2.25. The van der Waals surface area contributed by atoms with Crippen LogP contribution in [0.2, 0.25) is 0 Å². The Morgan fingerprint density at radius 1 is 1.12 bits per heavy atom. The normalized spacial score (nSPS) is 33.8. The van der Waals surface area contributed by atoms with Crippen molar-refractivity contribution >= 4 is 0 Å². The first kappa shape index (κ1) is 12.3. The summed E-state index contributed by atoms with van der Waals surface area (Å²) in [5.41, 5.74) is 6.13. The largest absolute Gasteiger partial charge is 0.327 e. The van der Waals surface area contributed by atoms with Gasteiger partial charge in [-0.05, 0) is 32.6 Å². The van der Waals surface area contributed by atoms with Gasteiger partial charge in [0, 0.05) is 44.8 Å².